The van der Waals surface area contributed by atoms with Gasteiger partial charge in [0.2, 0.25) is 0 Å². The normalized spacial score (nSPS) is 16.0. The molecule has 142 valence electrons. The number of nitrogens with zero attached hydrogens (tertiary/aromatic N) is 2. The van der Waals surface area contributed by atoms with Crippen LogP contribution in [-0.2, 0) is 4.79 Å². The summed E-state index contributed by atoms with van der Waals surface area (Å²) in [6.07, 6.45) is 3.69. The van der Waals surface area contributed by atoms with Crippen molar-refractivity contribution in [2.45, 2.75) is 26.7 Å². The number of carbonyl (C=O) groups is 2. The Morgan fingerprint density at radius 2 is 1.73 bits per heavy atom. The minimum atomic E-state index is -0.244. The van der Waals surface area contributed by atoms with Crippen molar-refractivity contribution in [2.75, 3.05) is 34.0 Å². The molecule has 0 aromatic heterocycles. The summed E-state index contributed by atoms with van der Waals surface area (Å²) in [6, 6.07) is 5.39. The van der Waals surface area contributed by atoms with E-state index in [0.29, 0.717) is 23.1 Å². The number of imide groups is 1. The molecule has 0 atom stereocenters. The van der Waals surface area contributed by atoms with E-state index in [1.165, 1.54) is 4.90 Å². The Labute approximate surface area is 159 Å². The summed E-state index contributed by atoms with van der Waals surface area (Å²) >= 11 is 0.978. The van der Waals surface area contributed by atoms with Crippen molar-refractivity contribution < 1.29 is 19.1 Å². The molecule has 1 aromatic carbocycles. The van der Waals surface area contributed by atoms with E-state index in [-0.39, 0.29) is 11.1 Å². The highest BCUT2D eigenvalue weighted by atomic mass is 32.2. The highest BCUT2D eigenvalue weighted by molar-refractivity contribution is 8.18. The second-order valence-corrected chi connectivity index (χ2v) is 6.98. The Balaban J connectivity index is 2.18. The van der Waals surface area contributed by atoms with E-state index in [1.807, 2.05) is 6.07 Å². The van der Waals surface area contributed by atoms with Crippen molar-refractivity contribution in [3.05, 3.63) is 28.7 Å². The quantitative estimate of drug-likeness (QED) is 0.609. The molecule has 2 amide bonds. The summed E-state index contributed by atoms with van der Waals surface area (Å²) < 4.78 is 10.5. The average molecular weight is 378 g/mol. The first-order valence-electron chi connectivity index (χ1n) is 8.73. The summed E-state index contributed by atoms with van der Waals surface area (Å²) in [5.74, 6) is 0.956. The lowest BCUT2D eigenvalue weighted by atomic mass is 10.2. The molecule has 2 rings (SSSR count). The van der Waals surface area contributed by atoms with Crippen LogP contribution in [0.2, 0.25) is 0 Å². The number of methoxy groups -OCH3 is 2. The largest absolute Gasteiger partial charge is 0.493 e. The van der Waals surface area contributed by atoms with Crippen LogP contribution in [0.4, 0.5) is 4.79 Å². The molecule has 1 aliphatic heterocycles. The van der Waals surface area contributed by atoms with E-state index in [2.05, 4.69) is 18.7 Å². The Morgan fingerprint density at radius 3 is 2.31 bits per heavy atom. The number of hydrogen-bond acceptors (Lipinski definition) is 6. The van der Waals surface area contributed by atoms with Gasteiger partial charge < -0.3 is 9.47 Å². The summed E-state index contributed by atoms with van der Waals surface area (Å²) in [5, 5.41) is -0.223. The first kappa shape index (κ1) is 20.3. The molecule has 0 bridgehead atoms. The van der Waals surface area contributed by atoms with Crippen molar-refractivity contribution in [3.63, 3.8) is 0 Å². The van der Waals surface area contributed by atoms with Gasteiger partial charge in [-0.2, -0.15) is 0 Å². The van der Waals surface area contributed by atoms with E-state index >= 15 is 0 Å². The van der Waals surface area contributed by atoms with Gasteiger partial charge in [-0.25, -0.2) is 0 Å². The molecule has 1 saturated heterocycles. The van der Waals surface area contributed by atoms with Crippen molar-refractivity contribution in [1.29, 1.82) is 0 Å². The SMILES string of the molecule is CCCN(CCC)CN1C(=O)S/C(=C/c2ccc(OC)c(OC)c2)C1=O. The van der Waals surface area contributed by atoms with Gasteiger partial charge in [0.05, 0.1) is 25.8 Å². The molecular formula is C19H26N2O4S. The number of benzene rings is 1. The lowest BCUT2D eigenvalue weighted by Gasteiger charge is -2.25. The molecule has 1 aliphatic rings. The molecule has 6 nitrogen and oxygen atoms in total. The first-order valence-corrected chi connectivity index (χ1v) is 9.55. The molecule has 0 unspecified atom stereocenters. The third-order valence-corrected chi connectivity index (χ3v) is 4.91. The minimum absolute atomic E-state index is 0.223. The van der Waals surface area contributed by atoms with E-state index in [9.17, 15) is 9.59 Å². The molecule has 0 N–H and O–H groups in total. The van der Waals surface area contributed by atoms with Gasteiger partial charge in [-0.05, 0) is 61.5 Å². The van der Waals surface area contributed by atoms with Gasteiger partial charge in [0, 0.05) is 0 Å². The number of amides is 2. The van der Waals surface area contributed by atoms with E-state index in [1.54, 1.807) is 32.4 Å². The second-order valence-electron chi connectivity index (χ2n) is 5.98. The molecule has 0 aliphatic carbocycles. The summed E-state index contributed by atoms with van der Waals surface area (Å²) in [6.45, 7) is 6.26. The lowest BCUT2D eigenvalue weighted by Crippen LogP contribution is -2.41. The molecule has 7 heteroatoms. The average Bonchev–Trinajstić information content (AvgIpc) is 2.89. The van der Waals surface area contributed by atoms with Gasteiger partial charge in [0.15, 0.2) is 11.5 Å². The second kappa shape index (κ2) is 9.64. The molecule has 26 heavy (non-hydrogen) atoms. The van der Waals surface area contributed by atoms with Crippen molar-refractivity contribution in [2.24, 2.45) is 0 Å². The Morgan fingerprint density at radius 1 is 1.08 bits per heavy atom. The maximum Gasteiger partial charge on any atom is 0.294 e. The van der Waals surface area contributed by atoms with Crippen LogP contribution < -0.4 is 9.47 Å². The van der Waals surface area contributed by atoms with Gasteiger partial charge in [0.1, 0.15) is 0 Å². The van der Waals surface area contributed by atoms with Crippen LogP contribution in [0, 0.1) is 0 Å². The van der Waals surface area contributed by atoms with Crippen molar-refractivity contribution in [1.82, 2.24) is 9.80 Å². The predicted octanol–water partition coefficient (Wildman–Crippen LogP) is 3.82. The van der Waals surface area contributed by atoms with Crippen LogP contribution in [0.5, 0.6) is 11.5 Å². The zero-order chi connectivity index (χ0) is 19.1. The van der Waals surface area contributed by atoms with Gasteiger partial charge in [-0.1, -0.05) is 19.9 Å². The lowest BCUT2D eigenvalue weighted by molar-refractivity contribution is -0.124. The van der Waals surface area contributed by atoms with Crippen LogP contribution in [0.3, 0.4) is 0 Å². The molecular weight excluding hydrogens is 352 g/mol. The third kappa shape index (κ3) is 4.80. The van der Waals surface area contributed by atoms with E-state index in [0.717, 1.165) is 43.3 Å². The summed E-state index contributed by atoms with van der Waals surface area (Å²) in [4.78, 5) is 28.9. The van der Waals surface area contributed by atoms with Crippen LogP contribution in [-0.4, -0.2) is 54.9 Å². The number of thioether (sulfide) groups is 1. The fourth-order valence-corrected chi connectivity index (χ4v) is 3.63. The molecule has 0 radical (unpaired) electrons. The highest BCUT2D eigenvalue weighted by Gasteiger charge is 2.35. The Kier molecular flexibility index (Phi) is 7.53. The van der Waals surface area contributed by atoms with Crippen LogP contribution >= 0.6 is 11.8 Å². The fraction of sp³-hybridized carbons (Fsp3) is 0.474. The van der Waals surface area contributed by atoms with Crippen LogP contribution in [0.1, 0.15) is 32.3 Å². The maximum atomic E-state index is 12.7. The Hall–Kier alpha value is -1.99. The van der Waals surface area contributed by atoms with Gasteiger partial charge in [-0.15, -0.1) is 0 Å². The first-order chi connectivity index (χ1) is 12.5. The predicted molar refractivity (Wildman–Crippen MR) is 104 cm³/mol. The fourth-order valence-electron chi connectivity index (χ4n) is 2.80. The third-order valence-electron chi connectivity index (χ3n) is 4.00. The number of ether oxygens (including phenoxy) is 2. The van der Waals surface area contributed by atoms with E-state index < -0.39 is 0 Å². The van der Waals surface area contributed by atoms with Crippen molar-refractivity contribution >= 4 is 29.0 Å². The minimum Gasteiger partial charge on any atom is -0.493 e. The maximum absolute atomic E-state index is 12.7. The zero-order valence-electron chi connectivity index (χ0n) is 15.8. The summed E-state index contributed by atoms with van der Waals surface area (Å²) in [5.41, 5.74) is 0.784. The zero-order valence-corrected chi connectivity index (χ0v) is 16.6. The van der Waals surface area contributed by atoms with Crippen LogP contribution in [0.25, 0.3) is 6.08 Å². The molecule has 1 heterocycles. The number of rotatable bonds is 9. The Bertz CT molecular complexity index is 684. The van der Waals surface area contributed by atoms with Crippen molar-refractivity contribution in [3.8, 4) is 11.5 Å². The van der Waals surface area contributed by atoms with Gasteiger partial charge in [-0.3, -0.25) is 19.4 Å². The topological polar surface area (TPSA) is 59.1 Å². The van der Waals surface area contributed by atoms with E-state index in [4.69, 9.17) is 9.47 Å². The molecule has 0 saturated carbocycles. The molecule has 1 aromatic rings. The summed E-state index contributed by atoms with van der Waals surface area (Å²) in [7, 11) is 3.13. The highest BCUT2D eigenvalue weighted by Crippen LogP contribution is 2.34. The smallest absolute Gasteiger partial charge is 0.294 e. The molecule has 0 spiro atoms. The number of hydrogen-bond donors (Lipinski definition) is 0. The standard InChI is InChI=1S/C19H26N2O4S/c1-5-9-20(10-6-2)13-21-18(22)17(26-19(21)23)12-14-7-8-15(24-3)16(11-14)25-4/h7-8,11-12H,5-6,9-10,13H2,1-4H3/b17-12+. The van der Waals surface area contributed by atoms with Crippen LogP contribution in [0.15, 0.2) is 23.1 Å². The molecule has 1 fully saturated rings. The number of carbonyl (C=O) groups excluding carboxylic acids is 2. The monoisotopic (exact) mass is 378 g/mol. The van der Waals surface area contributed by atoms with Gasteiger partial charge in [0.25, 0.3) is 11.1 Å². The van der Waals surface area contributed by atoms with Gasteiger partial charge >= 0.3 is 0 Å².